The second-order valence-electron chi connectivity index (χ2n) is 7.11. The molecular weight excluding hydrogens is 338 g/mol. The van der Waals surface area contributed by atoms with Gasteiger partial charge in [-0.15, -0.1) is 0 Å². The van der Waals surface area contributed by atoms with Gasteiger partial charge in [-0.25, -0.2) is 0 Å². The number of piperazine rings is 1. The average molecular weight is 362 g/mol. The third kappa shape index (κ3) is 3.93. The molecule has 1 fully saturated rings. The molecule has 0 saturated carbocycles. The van der Waals surface area contributed by atoms with E-state index in [0.717, 1.165) is 32.7 Å². The van der Waals surface area contributed by atoms with E-state index in [0.29, 0.717) is 0 Å². The summed E-state index contributed by atoms with van der Waals surface area (Å²) in [4.78, 5) is 27.7. The highest BCUT2D eigenvalue weighted by atomic mass is 16.2. The zero-order chi connectivity index (χ0) is 18.6. The molecule has 1 aliphatic rings. The van der Waals surface area contributed by atoms with Crippen molar-refractivity contribution in [3.8, 4) is 0 Å². The van der Waals surface area contributed by atoms with Gasteiger partial charge in [0.15, 0.2) is 0 Å². The average Bonchev–Trinajstić information content (AvgIpc) is 2.70. The Bertz CT molecular complexity index is 998. The smallest absolute Gasteiger partial charge is 0.250 e. The lowest BCUT2D eigenvalue weighted by Gasteiger charge is -2.32. The Morgan fingerprint density at radius 3 is 2.48 bits per heavy atom. The number of aromatic nitrogens is 1. The maximum atomic E-state index is 12.5. The Balaban J connectivity index is 1.37. The SMILES string of the molecule is O=C(Cn1ccccc1=O)N1CC[NH+](Cc2cccc3ccccc23)CC1. The van der Waals surface area contributed by atoms with Crippen LogP contribution >= 0.6 is 0 Å². The number of hydrogen-bond donors (Lipinski definition) is 1. The quantitative estimate of drug-likeness (QED) is 0.751. The lowest BCUT2D eigenvalue weighted by Crippen LogP contribution is -3.13. The number of rotatable bonds is 4. The van der Waals surface area contributed by atoms with Crippen molar-refractivity contribution in [2.45, 2.75) is 13.1 Å². The van der Waals surface area contributed by atoms with Gasteiger partial charge in [0, 0.05) is 17.8 Å². The fourth-order valence-corrected chi connectivity index (χ4v) is 3.80. The van der Waals surface area contributed by atoms with Gasteiger partial charge in [-0.3, -0.25) is 9.59 Å². The number of carbonyl (C=O) groups excluding carboxylic acids is 1. The number of amides is 1. The van der Waals surface area contributed by atoms with Gasteiger partial charge in [0.1, 0.15) is 13.1 Å². The fourth-order valence-electron chi connectivity index (χ4n) is 3.80. The first-order chi connectivity index (χ1) is 13.2. The molecule has 4 rings (SSSR count). The zero-order valence-corrected chi connectivity index (χ0v) is 15.3. The number of hydrogen-bond acceptors (Lipinski definition) is 2. The van der Waals surface area contributed by atoms with Gasteiger partial charge in [0.2, 0.25) is 5.91 Å². The molecule has 27 heavy (non-hydrogen) atoms. The predicted molar refractivity (Wildman–Crippen MR) is 106 cm³/mol. The van der Waals surface area contributed by atoms with E-state index >= 15 is 0 Å². The second kappa shape index (κ2) is 7.76. The summed E-state index contributed by atoms with van der Waals surface area (Å²) >= 11 is 0. The standard InChI is InChI=1S/C22H23N3O2/c26-21-10-3-4-11-25(21)17-22(27)24-14-12-23(13-15-24)16-19-8-5-7-18-6-1-2-9-20(18)19/h1-11H,12-17H2/p+1. The van der Waals surface area contributed by atoms with Crippen LogP contribution in [-0.4, -0.2) is 41.6 Å². The number of quaternary nitrogens is 1. The van der Waals surface area contributed by atoms with Crippen molar-refractivity contribution in [2.24, 2.45) is 0 Å². The first kappa shape index (κ1) is 17.5. The lowest BCUT2D eigenvalue weighted by atomic mass is 10.0. The highest BCUT2D eigenvalue weighted by Crippen LogP contribution is 2.17. The minimum atomic E-state index is -0.133. The summed E-state index contributed by atoms with van der Waals surface area (Å²) in [5.74, 6) is 0.0208. The molecule has 2 aromatic carbocycles. The molecule has 1 amide bonds. The molecule has 1 N–H and O–H groups in total. The molecule has 3 aromatic rings. The molecular formula is C22H24N3O2+. The van der Waals surface area contributed by atoms with Crippen LogP contribution in [0.3, 0.4) is 0 Å². The molecule has 0 bridgehead atoms. The third-order valence-electron chi connectivity index (χ3n) is 5.35. The van der Waals surface area contributed by atoms with Crippen molar-refractivity contribution < 1.29 is 9.69 Å². The van der Waals surface area contributed by atoms with E-state index in [1.807, 2.05) is 4.90 Å². The summed E-state index contributed by atoms with van der Waals surface area (Å²) in [5, 5.41) is 2.59. The molecule has 5 nitrogen and oxygen atoms in total. The number of pyridine rings is 1. The normalized spacial score (nSPS) is 15.2. The summed E-state index contributed by atoms with van der Waals surface area (Å²) < 4.78 is 1.47. The van der Waals surface area contributed by atoms with Crippen molar-refractivity contribution in [1.29, 1.82) is 0 Å². The molecule has 1 aromatic heterocycles. The van der Waals surface area contributed by atoms with Crippen LogP contribution in [0.1, 0.15) is 5.56 Å². The highest BCUT2D eigenvalue weighted by Gasteiger charge is 2.24. The maximum Gasteiger partial charge on any atom is 0.250 e. The van der Waals surface area contributed by atoms with E-state index in [1.165, 1.54) is 31.9 Å². The first-order valence-electron chi connectivity index (χ1n) is 9.44. The molecule has 1 saturated heterocycles. The van der Waals surface area contributed by atoms with Crippen LogP contribution in [0.25, 0.3) is 10.8 Å². The van der Waals surface area contributed by atoms with Crippen molar-refractivity contribution in [3.05, 3.63) is 82.8 Å². The van der Waals surface area contributed by atoms with Gasteiger partial charge in [-0.2, -0.15) is 0 Å². The van der Waals surface area contributed by atoms with Gasteiger partial charge in [-0.05, 0) is 16.8 Å². The van der Waals surface area contributed by atoms with Crippen LogP contribution in [-0.2, 0) is 17.9 Å². The van der Waals surface area contributed by atoms with E-state index in [9.17, 15) is 9.59 Å². The van der Waals surface area contributed by atoms with E-state index in [-0.39, 0.29) is 18.0 Å². The highest BCUT2D eigenvalue weighted by molar-refractivity contribution is 5.85. The Morgan fingerprint density at radius 2 is 1.67 bits per heavy atom. The largest absolute Gasteiger partial charge is 0.330 e. The summed E-state index contributed by atoms with van der Waals surface area (Å²) in [6.07, 6.45) is 1.67. The summed E-state index contributed by atoms with van der Waals surface area (Å²) in [6, 6.07) is 19.9. The monoisotopic (exact) mass is 362 g/mol. The Hall–Kier alpha value is -2.92. The Labute approximate surface area is 158 Å². The number of carbonyl (C=O) groups is 1. The van der Waals surface area contributed by atoms with Crippen molar-refractivity contribution >= 4 is 16.7 Å². The zero-order valence-electron chi connectivity index (χ0n) is 15.3. The van der Waals surface area contributed by atoms with Crippen molar-refractivity contribution in [2.75, 3.05) is 26.2 Å². The van der Waals surface area contributed by atoms with Gasteiger partial charge in [0.25, 0.3) is 5.56 Å². The van der Waals surface area contributed by atoms with E-state index < -0.39 is 0 Å². The van der Waals surface area contributed by atoms with Gasteiger partial charge < -0.3 is 14.4 Å². The van der Waals surface area contributed by atoms with E-state index in [2.05, 4.69) is 42.5 Å². The molecule has 5 heteroatoms. The summed E-state index contributed by atoms with van der Waals surface area (Å²) in [7, 11) is 0. The minimum Gasteiger partial charge on any atom is -0.330 e. The first-order valence-corrected chi connectivity index (χ1v) is 9.44. The van der Waals surface area contributed by atoms with Crippen molar-refractivity contribution in [1.82, 2.24) is 9.47 Å². The molecule has 2 heterocycles. The van der Waals surface area contributed by atoms with Crippen LogP contribution in [0, 0.1) is 0 Å². The van der Waals surface area contributed by atoms with Gasteiger partial charge in [-0.1, -0.05) is 48.5 Å². The molecule has 0 spiro atoms. The van der Waals surface area contributed by atoms with Crippen LogP contribution in [0.15, 0.2) is 71.7 Å². The van der Waals surface area contributed by atoms with Crippen molar-refractivity contribution in [3.63, 3.8) is 0 Å². The van der Waals surface area contributed by atoms with Crippen LogP contribution in [0.2, 0.25) is 0 Å². The van der Waals surface area contributed by atoms with E-state index in [1.54, 1.807) is 18.3 Å². The predicted octanol–water partition coefficient (Wildman–Crippen LogP) is 0.929. The second-order valence-corrected chi connectivity index (χ2v) is 7.11. The lowest BCUT2D eigenvalue weighted by molar-refractivity contribution is -0.917. The Morgan fingerprint density at radius 1 is 0.926 bits per heavy atom. The van der Waals surface area contributed by atoms with Gasteiger partial charge >= 0.3 is 0 Å². The molecule has 0 atom stereocenters. The molecule has 0 unspecified atom stereocenters. The topological polar surface area (TPSA) is 46.8 Å². The fraction of sp³-hybridized carbons (Fsp3) is 0.273. The van der Waals surface area contributed by atoms with Gasteiger partial charge in [0.05, 0.1) is 26.2 Å². The van der Waals surface area contributed by atoms with Crippen LogP contribution < -0.4 is 10.5 Å². The third-order valence-corrected chi connectivity index (χ3v) is 5.35. The molecule has 0 radical (unpaired) electrons. The number of benzene rings is 2. The molecule has 0 aliphatic carbocycles. The molecule has 138 valence electrons. The maximum absolute atomic E-state index is 12.5. The minimum absolute atomic E-state index is 0.0208. The van der Waals surface area contributed by atoms with Crippen LogP contribution in [0.4, 0.5) is 0 Å². The Kier molecular flexibility index (Phi) is 5.03. The number of fused-ring (bicyclic) bond motifs is 1. The number of nitrogens with one attached hydrogen (secondary N) is 1. The molecule has 1 aliphatic heterocycles. The number of nitrogens with zero attached hydrogens (tertiary/aromatic N) is 2. The van der Waals surface area contributed by atoms with Crippen LogP contribution in [0.5, 0.6) is 0 Å². The summed E-state index contributed by atoms with van der Waals surface area (Å²) in [5.41, 5.74) is 1.23. The summed E-state index contributed by atoms with van der Waals surface area (Å²) in [6.45, 7) is 4.43. The van der Waals surface area contributed by atoms with E-state index in [4.69, 9.17) is 0 Å².